The van der Waals surface area contributed by atoms with Gasteiger partial charge < -0.3 is 15.0 Å². The number of amides is 2. The Balaban J connectivity index is 2.06. The van der Waals surface area contributed by atoms with Crippen LogP contribution in [-0.2, 0) is 21.9 Å². The fraction of sp³-hybridized carbons (Fsp3) is 0.417. The van der Waals surface area contributed by atoms with E-state index in [-0.39, 0.29) is 23.1 Å². The summed E-state index contributed by atoms with van der Waals surface area (Å²) in [5.41, 5.74) is 1.67. The Kier molecular flexibility index (Phi) is 9.26. The summed E-state index contributed by atoms with van der Waals surface area (Å²) in [6.07, 6.45) is 0. The standard InChI is InChI=1S/C24H31ClN2O3S/c1-17(23(29)26-24(2,3)4)27(14-18-6-10-20(25)11-7-18)22(28)16-31-15-19-8-12-21(30-5)13-9-19/h6-13,17H,14-16H2,1-5H3,(H,26,29)/t17-/m1/s1. The average Bonchev–Trinajstić information content (AvgIpc) is 2.72. The Morgan fingerprint density at radius 1 is 1.06 bits per heavy atom. The number of nitrogens with zero attached hydrogens (tertiary/aromatic N) is 1. The molecule has 2 amide bonds. The van der Waals surface area contributed by atoms with Crippen LogP contribution in [0, 0.1) is 0 Å². The number of halogens is 1. The molecule has 0 heterocycles. The molecule has 1 N–H and O–H groups in total. The van der Waals surface area contributed by atoms with Crippen LogP contribution in [-0.4, -0.2) is 41.2 Å². The lowest BCUT2D eigenvalue weighted by atomic mass is 10.1. The number of carbonyl (C=O) groups excluding carboxylic acids is 2. The van der Waals surface area contributed by atoms with Crippen molar-refractivity contribution >= 4 is 35.2 Å². The molecule has 2 aromatic rings. The second-order valence-corrected chi connectivity index (χ2v) is 9.83. The molecule has 5 nitrogen and oxygen atoms in total. The Bertz CT molecular complexity index is 864. The minimum atomic E-state index is -0.594. The predicted octanol–water partition coefficient (Wildman–Crippen LogP) is 4.91. The van der Waals surface area contributed by atoms with Gasteiger partial charge in [0, 0.05) is 22.9 Å². The molecule has 2 rings (SSSR count). The molecule has 0 bridgehead atoms. The number of thioether (sulfide) groups is 1. The number of nitrogens with one attached hydrogen (secondary N) is 1. The summed E-state index contributed by atoms with van der Waals surface area (Å²) in [5.74, 6) is 1.54. The van der Waals surface area contributed by atoms with Crippen LogP contribution in [0.2, 0.25) is 5.02 Å². The van der Waals surface area contributed by atoms with E-state index < -0.39 is 6.04 Å². The quantitative estimate of drug-likeness (QED) is 0.575. The van der Waals surface area contributed by atoms with Gasteiger partial charge in [0.05, 0.1) is 12.9 Å². The normalized spacial score (nSPS) is 12.2. The molecule has 0 unspecified atom stereocenters. The van der Waals surface area contributed by atoms with Gasteiger partial charge >= 0.3 is 0 Å². The van der Waals surface area contributed by atoms with E-state index >= 15 is 0 Å². The third-order valence-corrected chi connectivity index (χ3v) is 5.83. The maximum Gasteiger partial charge on any atom is 0.242 e. The summed E-state index contributed by atoms with van der Waals surface area (Å²) in [5, 5.41) is 3.60. The van der Waals surface area contributed by atoms with Crippen molar-refractivity contribution in [2.24, 2.45) is 0 Å². The van der Waals surface area contributed by atoms with Crippen LogP contribution in [0.1, 0.15) is 38.8 Å². The molecule has 0 saturated heterocycles. The number of ether oxygens (including phenoxy) is 1. The predicted molar refractivity (Wildman–Crippen MR) is 129 cm³/mol. The van der Waals surface area contributed by atoms with Crippen LogP contribution in [0.15, 0.2) is 48.5 Å². The average molecular weight is 463 g/mol. The van der Waals surface area contributed by atoms with Crippen molar-refractivity contribution in [3.63, 3.8) is 0 Å². The Labute approximate surface area is 194 Å². The molecule has 0 aliphatic rings. The minimum Gasteiger partial charge on any atom is -0.497 e. The molecular weight excluding hydrogens is 432 g/mol. The summed E-state index contributed by atoms with van der Waals surface area (Å²) in [4.78, 5) is 27.5. The first-order chi connectivity index (χ1) is 14.6. The first-order valence-electron chi connectivity index (χ1n) is 10.2. The first kappa shape index (κ1) is 25.1. The number of benzene rings is 2. The lowest BCUT2D eigenvalue weighted by Gasteiger charge is -2.31. The van der Waals surface area contributed by atoms with Crippen LogP contribution in [0.4, 0.5) is 0 Å². The Hall–Kier alpha value is -2.18. The van der Waals surface area contributed by atoms with Crippen LogP contribution >= 0.6 is 23.4 Å². The number of carbonyl (C=O) groups is 2. The molecule has 31 heavy (non-hydrogen) atoms. The van der Waals surface area contributed by atoms with Gasteiger partial charge in [-0.1, -0.05) is 35.9 Å². The van der Waals surface area contributed by atoms with Crippen LogP contribution < -0.4 is 10.1 Å². The fourth-order valence-electron chi connectivity index (χ4n) is 2.90. The monoisotopic (exact) mass is 462 g/mol. The highest BCUT2D eigenvalue weighted by atomic mass is 35.5. The van der Waals surface area contributed by atoms with Gasteiger partial charge in [-0.3, -0.25) is 9.59 Å². The SMILES string of the molecule is COc1ccc(CSCC(=O)N(Cc2ccc(Cl)cc2)[C@H](C)C(=O)NC(C)(C)C)cc1. The van der Waals surface area contributed by atoms with Gasteiger partial charge in [-0.2, -0.15) is 0 Å². The second-order valence-electron chi connectivity index (χ2n) is 8.40. The molecule has 1 atom stereocenters. The van der Waals surface area contributed by atoms with Crippen molar-refractivity contribution < 1.29 is 14.3 Å². The number of hydrogen-bond acceptors (Lipinski definition) is 4. The minimum absolute atomic E-state index is 0.0787. The van der Waals surface area contributed by atoms with Crippen LogP contribution in [0.25, 0.3) is 0 Å². The molecule has 0 aliphatic carbocycles. The Morgan fingerprint density at radius 2 is 1.65 bits per heavy atom. The number of rotatable bonds is 9. The van der Waals surface area contributed by atoms with E-state index in [9.17, 15) is 9.59 Å². The highest BCUT2D eigenvalue weighted by molar-refractivity contribution is 7.99. The fourth-order valence-corrected chi connectivity index (χ4v) is 3.90. The molecule has 7 heteroatoms. The molecule has 0 spiro atoms. The lowest BCUT2D eigenvalue weighted by Crippen LogP contribution is -2.52. The Morgan fingerprint density at radius 3 is 2.19 bits per heavy atom. The summed E-state index contributed by atoms with van der Waals surface area (Å²) in [6, 6.07) is 14.5. The zero-order valence-electron chi connectivity index (χ0n) is 18.8. The van der Waals surface area contributed by atoms with Crippen molar-refractivity contribution in [1.82, 2.24) is 10.2 Å². The van der Waals surface area contributed by atoms with Crippen molar-refractivity contribution in [1.29, 1.82) is 0 Å². The summed E-state index contributed by atoms with van der Waals surface area (Å²) in [7, 11) is 1.63. The van der Waals surface area contributed by atoms with Gasteiger partial charge in [-0.25, -0.2) is 0 Å². The number of hydrogen-bond donors (Lipinski definition) is 1. The van der Waals surface area contributed by atoms with E-state index in [0.717, 1.165) is 16.9 Å². The maximum atomic E-state index is 13.1. The zero-order chi connectivity index (χ0) is 23.0. The molecule has 0 aliphatic heterocycles. The van der Waals surface area contributed by atoms with E-state index in [4.69, 9.17) is 16.3 Å². The van der Waals surface area contributed by atoms with Gasteiger partial charge in [0.15, 0.2) is 0 Å². The summed E-state index contributed by atoms with van der Waals surface area (Å²) < 4.78 is 5.18. The molecule has 0 radical (unpaired) electrons. The summed E-state index contributed by atoms with van der Waals surface area (Å²) >= 11 is 7.51. The van der Waals surface area contributed by atoms with Crippen molar-refractivity contribution in [2.75, 3.05) is 12.9 Å². The number of methoxy groups -OCH3 is 1. The molecule has 2 aromatic carbocycles. The molecule has 168 valence electrons. The zero-order valence-corrected chi connectivity index (χ0v) is 20.3. The van der Waals surface area contributed by atoms with E-state index in [0.29, 0.717) is 17.3 Å². The van der Waals surface area contributed by atoms with Gasteiger partial charge in [-0.05, 0) is 63.1 Å². The first-order valence-corrected chi connectivity index (χ1v) is 11.7. The largest absolute Gasteiger partial charge is 0.497 e. The van der Waals surface area contributed by atoms with Crippen LogP contribution in [0.3, 0.4) is 0 Å². The maximum absolute atomic E-state index is 13.1. The molecule has 0 fully saturated rings. The van der Waals surface area contributed by atoms with Gasteiger partial charge in [0.1, 0.15) is 11.8 Å². The third-order valence-electron chi connectivity index (χ3n) is 4.58. The smallest absolute Gasteiger partial charge is 0.242 e. The van der Waals surface area contributed by atoms with E-state index in [1.165, 1.54) is 11.8 Å². The highest BCUT2D eigenvalue weighted by Gasteiger charge is 2.28. The van der Waals surface area contributed by atoms with Gasteiger partial charge in [0.2, 0.25) is 11.8 Å². The molecule has 0 saturated carbocycles. The lowest BCUT2D eigenvalue weighted by molar-refractivity contribution is -0.139. The van der Waals surface area contributed by atoms with Crippen LogP contribution in [0.5, 0.6) is 5.75 Å². The van der Waals surface area contributed by atoms with Gasteiger partial charge in [-0.15, -0.1) is 11.8 Å². The van der Waals surface area contributed by atoms with Crippen molar-refractivity contribution in [3.05, 3.63) is 64.7 Å². The molecule has 0 aromatic heterocycles. The van der Waals surface area contributed by atoms with E-state index in [1.54, 1.807) is 31.1 Å². The van der Waals surface area contributed by atoms with E-state index in [1.807, 2.05) is 57.2 Å². The highest BCUT2D eigenvalue weighted by Crippen LogP contribution is 2.19. The summed E-state index contributed by atoms with van der Waals surface area (Å²) in [6.45, 7) is 7.88. The second kappa shape index (κ2) is 11.4. The third kappa shape index (κ3) is 8.46. The van der Waals surface area contributed by atoms with Crippen molar-refractivity contribution in [3.8, 4) is 5.75 Å². The molecular formula is C24H31ClN2O3S. The van der Waals surface area contributed by atoms with E-state index in [2.05, 4.69) is 5.32 Å². The topological polar surface area (TPSA) is 58.6 Å². The van der Waals surface area contributed by atoms with Gasteiger partial charge in [0.25, 0.3) is 0 Å². The van der Waals surface area contributed by atoms with Crippen molar-refractivity contribution in [2.45, 2.75) is 51.6 Å².